The summed E-state index contributed by atoms with van der Waals surface area (Å²) in [6.07, 6.45) is 0.266. The molecule has 0 aliphatic heterocycles. The number of nitrogens with one attached hydrogen (secondary N) is 1. The number of anilines is 1. The molecule has 0 radical (unpaired) electrons. The van der Waals surface area contributed by atoms with Crippen molar-refractivity contribution in [3.05, 3.63) is 52.8 Å². The first-order valence-electron chi connectivity index (χ1n) is 13.0. The van der Waals surface area contributed by atoms with Crippen LogP contribution in [0.5, 0.6) is 5.75 Å². The van der Waals surface area contributed by atoms with E-state index in [1.165, 1.54) is 18.2 Å². The Kier molecular flexibility index (Phi) is 10.6. The van der Waals surface area contributed by atoms with Crippen LogP contribution in [0.1, 0.15) is 81.7 Å². The normalized spacial score (nSPS) is 12.3. The molecule has 1 amide bonds. The summed E-state index contributed by atoms with van der Waals surface area (Å²) >= 11 is 0. The molecule has 1 aromatic heterocycles. The molecule has 11 nitrogen and oxygen atoms in total. The Labute approximate surface area is 234 Å². The van der Waals surface area contributed by atoms with Crippen LogP contribution < -0.4 is 11.1 Å². The van der Waals surface area contributed by atoms with Crippen molar-refractivity contribution in [3.63, 3.8) is 0 Å². The first kappa shape index (κ1) is 32.1. The van der Waals surface area contributed by atoms with Gasteiger partial charge in [-0.15, -0.1) is 0 Å². The zero-order valence-electron chi connectivity index (χ0n) is 23.9. The third-order valence-electron chi connectivity index (χ3n) is 5.42. The number of esters is 2. The molecular weight excluding hydrogens is 518 g/mol. The highest BCUT2D eigenvalue weighted by Gasteiger charge is 2.30. The minimum absolute atomic E-state index is 0.0524. The number of carboxylic acids is 1. The number of aryl methyl sites for hydroxylation is 3. The number of hydrogen-bond acceptors (Lipinski definition) is 9. The van der Waals surface area contributed by atoms with E-state index in [2.05, 4.69) is 10.3 Å². The zero-order chi connectivity index (χ0) is 30.3. The van der Waals surface area contributed by atoms with Crippen molar-refractivity contribution < 1.29 is 38.9 Å². The highest BCUT2D eigenvalue weighted by Crippen LogP contribution is 2.21. The lowest BCUT2D eigenvalue weighted by atomic mass is 10.0. The van der Waals surface area contributed by atoms with Crippen molar-refractivity contribution in [3.8, 4) is 5.75 Å². The van der Waals surface area contributed by atoms with Crippen molar-refractivity contribution in [1.82, 2.24) is 10.3 Å². The van der Waals surface area contributed by atoms with Gasteiger partial charge in [0.25, 0.3) is 0 Å². The van der Waals surface area contributed by atoms with Crippen LogP contribution in [0.2, 0.25) is 0 Å². The smallest absolute Gasteiger partial charge is 0.335 e. The van der Waals surface area contributed by atoms with Gasteiger partial charge in [-0.25, -0.2) is 9.59 Å². The Balaban J connectivity index is 2.07. The molecule has 0 fully saturated rings. The van der Waals surface area contributed by atoms with Gasteiger partial charge in [0.1, 0.15) is 23.0 Å². The van der Waals surface area contributed by atoms with Gasteiger partial charge in [-0.1, -0.05) is 0 Å². The van der Waals surface area contributed by atoms with E-state index >= 15 is 0 Å². The van der Waals surface area contributed by atoms with Crippen molar-refractivity contribution >= 4 is 29.5 Å². The quantitative estimate of drug-likeness (QED) is 0.236. The van der Waals surface area contributed by atoms with E-state index in [1.54, 1.807) is 53.7 Å². The lowest BCUT2D eigenvalue weighted by Gasteiger charge is -2.25. The van der Waals surface area contributed by atoms with Crippen LogP contribution in [0.15, 0.2) is 30.3 Å². The molecule has 1 heterocycles. The molecule has 2 aromatic rings. The van der Waals surface area contributed by atoms with Gasteiger partial charge in [0.2, 0.25) is 5.91 Å². The molecule has 11 heteroatoms. The summed E-state index contributed by atoms with van der Waals surface area (Å²) in [5.41, 5.74) is 6.13. The number of carboxylic acid groups (broad SMARTS) is 1. The van der Waals surface area contributed by atoms with Crippen LogP contribution in [0.4, 0.5) is 5.69 Å². The number of ether oxygens (including phenoxy) is 2. The number of nitrogens with two attached hydrogens (primary N) is 1. The number of nitrogen functional groups attached to an aromatic ring is 1. The van der Waals surface area contributed by atoms with Gasteiger partial charge in [0.05, 0.1) is 17.7 Å². The largest absolute Gasteiger partial charge is 0.506 e. The molecule has 2 rings (SSSR count). The highest BCUT2D eigenvalue weighted by molar-refractivity contribution is 5.90. The number of carbonyl (C=O) groups excluding carboxylic acids is 3. The molecule has 40 heavy (non-hydrogen) atoms. The van der Waals surface area contributed by atoms with Crippen molar-refractivity contribution in [2.24, 2.45) is 0 Å². The van der Waals surface area contributed by atoms with Gasteiger partial charge >= 0.3 is 17.9 Å². The first-order valence-corrected chi connectivity index (χ1v) is 13.0. The minimum atomic E-state index is -1.23. The Morgan fingerprint density at radius 3 is 2.20 bits per heavy atom. The van der Waals surface area contributed by atoms with Crippen LogP contribution in [-0.4, -0.2) is 56.3 Å². The minimum Gasteiger partial charge on any atom is -0.506 e. The number of amides is 1. The van der Waals surface area contributed by atoms with E-state index < -0.39 is 41.1 Å². The van der Waals surface area contributed by atoms with Crippen LogP contribution in [0, 0.1) is 0 Å². The summed E-state index contributed by atoms with van der Waals surface area (Å²) in [5, 5.41) is 22.3. The molecule has 0 aliphatic rings. The number of aromatic carboxylic acids is 1. The van der Waals surface area contributed by atoms with Gasteiger partial charge < -0.3 is 30.7 Å². The van der Waals surface area contributed by atoms with Crippen molar-refractivity contribution in [2.45, 2.75) is 90.9 Å². The second kappa shape index (κ2) is 13.3. The summed E-state index contributed by atoms with van der Waals surface area (Å²) in [4.78, 5) is 53.8. The predicted octanol–water partition coefficient (Wildman–Crippen LogP) is 3.34. The summed E-state index contributed by atoms with van der Waals surface area (Å²) in [7, 11) is 0. The average Bonchev–Trinajstić information content (AvgIpc) is 2.79. The topological polar surface area (TPSA) is 178 Å². The third-order valence-corrected chi connectivity index (χ3v) is 5.42. The molecule has 0 spiro atoms. The van der Waals surface area contributed by atoms with E-state index in [0.717, 1.165) is 0 Å². The maximum absolute atomic E-state index is 12.7. The Morgan fingerprint density at radius 1 is 0.950 bits per heavy atom. The van der Waals surface area contributed by atoms with Crippen LogP contribution in [0.3, 0.4) is 0 Å². The number of nitrogens with zero attached hydrogens (tertiary/aromatic N) is 1. The molecule has 218 valence electrons. The predicted molar refractivity (Wildman–Crippen MR) is 148 cm³/mol. The SMILES string of the molecule is CC(C)(C)OC(=O)C[C@H](NC(=O)CCc1ccc(O)c(CCc2cc(N)ccc2C(=O)O)n1)C(=O)OC(C)(C)C. The number of benzene rings is 1. The number of pyridine rings is 1. The van der Waals surface area contributed by atoms with Crippen LogP contribution >= 0.6 is 0 Å². The highest BCUT2D eigenvalue weighted by atomic mass is 16.6. The lowest BCUT2D eigenvalue weighted by Crippen LogP contribution is -2.46. The molecule has 1 atom stereocenters. The van der Waals surface area contributed by atoms with Crippen molar-refractivity contribution in [2.75, 3.05) is 5.73 Å². The fourth-order valence-corrected chi connectivity index (χ4v) is 3.77. The number of hydrogen-bond donors (Lipinski definition) is 4. The van der Waals surface area contributed by atoms with Gasteiger partial charge in [-0.2, -0.15) is 0 Å². The number of aromatic hydroxyl groups is 1. The van der Waals surface area contributed by atoms with Gasteiger partial charge in [0.15, 0.2) is 0 Å². The third kappa shape index (κ3) is 10.9. The zero-order valence-corrected chi connectivity index (χ0v) is 23.9. The average molecular weight is 558 g/mol. The first-order chi connectivity index (χ1) is 18.4. The van der Waals surface area contributed by atoms with Crippen LogP contribution in [0.25, 0.3) is 0 Å². The van der Waals surface area contributed by atoms with E-state index in [0.29, 0.717) is 22.6 Å². The number of carbonyl (C=O) groups is 4. The van der Waals surface area contributed by atoms with Gasteiger partial charge in [-0.3, -0.25) is 14.6 Å². The molecule has 0 unspecified atom stereocenters. The van der Waals surface area contributed by atoms with E-state index in [-0.39, 0.29) is 43.4 Å². The summed E-state index contributed by atoms with van der Waals surface area (Å²) in [6.45, 7) is 10.1. The molecule has 0 saturated heterocycles. The molecule has 1 aromatic carbocycles. The molecular formula is C29H39N3O8. The Hall–Kier alpha value is -4.15. The summed E-state index contributed by atoms with van der Waals surface area (Å²) < 4.78 is 10.7. The monoisotopic (exact) mass is 557 g/mol. The van der Waals surface area contributed by atoms with E-state index in [4.69, 9.17) is 15.2 Å². The molecule has 0 bridgehead atoms. The molecule has 0 aliphatic carbocycles. The summed E-state index contributed by atoms with van der Waals surface area (Å²) in [5.74, 6) is -3.04. The second-order valence-electron chi connectivity index (χ2n) is 11.4. The van der Waals surface area contributed by atoms with Crippen LogP contribution in [-0.2, 0) is 43.1 Å². The maximum Gasteiger partial charge on any atom is 0.335 e. The standard InChI is InChI=1S/C29H39N3O8/c1-28(2,3)39-25(35)16-22(27(38)40-29(4,5)6)32-24(34)14-10-19-9-13-23(33)21(31-19)12-7-17-15-18(30)8-11-20(17)26(36)37/h8-9,11,13,15,22,33H,7,10,12,14,16,30H2,1-6H3,(H,32,34)(H,36,37)/t22-/m0/s1. The van der Waals surface area contributed by atoms with Gasteiger partial charge in [0, 0.05) is 17.8 Å². The Morgan fingerprint density at radius 2 is 1.60 bits per heavy atom. The van der Waals surface area contributed by atoms with E-state index in [9.17, 15) is 29.4 Å². The molecule has 5 N–H and O–H groups in total. The summed E-state index contributed by atoms with van der Waals surface area (Å²) in [6, 6.07) is 6.32. The fraction of sp³-hybridized carbons (Fsp3) is 0.483. The second-order valence-corrected chi connectivity index (χ2v) is 11.4. The lowest BCUT2D eigenvalue weighted by molar-refractivity contribution is -0.165. The molecule has 0 saturated carbocycles. The van der Waals surface area contributed by atoms with Crippen molar-refractivity contribution in [1.29, 1.82) is 0 Å². The van der Waals surface area contributed by atoms with E-state index in [1.807, 2.05) is 0 Å². The number of aromatic nitrogens is 1. The maximum atomic E-state index is 12.7. The van der Waals surface area contributed by atoms with Gasteiger partial charge in [-0.05, 0) is 96.7 Å². The fourth-order valence-electron chi connectivity index (χ4n) is 3.77. The Bertz CT molecular complexity index is 1240. The number of rotatable bonds is 11.